The van der Waals surface area contributed by atoms with E-state index in [4.69, 9.17) is 17.0 Å². The summed E-state index contributed by atoms with van der Waals surface area (Å²) in [5, 5.41) is 6.60. The first-order valence-corrected chi connectivity index (χ1v) is 4.75. The van der Waals surface area contributed by atoms with Gasteiger partial charge in [0.05, 0.1) is 0 Å². The molecule has 0 aliphatic heterocycles. The Morgan fingerprint density at radius 3 is 2.75 bits per heavy atom. The van der Waals surface area contributed by atoms with Crippen molar-refractivity contribution in [2.75, 3.05) is 26.8 Å². The van der Waals surface area contributed by atoms with Gasteiger partial charge in [0.25, 0.3) is 0 Å². The van der Waals surface area contributed by atoms with Crippen molar-refractivity contribution >= 4 is 17.3 Å². The van der Waals surface area contributed by atoms with Crippen molar-refractivity contribution in [2.45, 2.75) is 19.8 Å². The van der Waals surface area contributed by atoms with E-state index in [2.05, 4.69) is 17.6 Å². The third-order valence-electron chi connectivity index (χ3n) is 1.33. The average Bonchev–Trinajstić information content (AvgIpc) is 2.10. The molecule has 0 fully saturated rings. The highest BCUT2D eigenvalue weighted by molar-refractivity contribution is 7.80. The van der Waals surface area contributed by atoms with E-state index in [1.807, 2.05) is 7.05 Å². The molecule has 0 saturated heterocycles. The van der Waals surface area contributed by atoms with E-state index in [-0.39, 0.29) is 0 Å². The summed E-state index contributed by atoms with van der Waals surface area (Å²) in [4.78, 5) is 0. The molecule has 0 atom stereocenters. The standard InChI is InChI=1S/C8H18N2OS/c1-3-6-11-7-4-5-10-8(12)9-2/h3-7H2,1-2H3,(H2,9,10,12). The van der Waals surface area contributed by atoms with Crippen molar-refractivity contribution < 1.29 is 4.74 Å². The van der Waals surface area contributed by atoms with Crippen LogP contribution in [0.1, 0.15) is 19.8 Å². The second kappa shape index (κ2) is 8.74. The van der Waals surface area contributed by atoms with Gasteiger partial charge in [-0.05, 0) is 25.1 Å². The van der Waals surface area contributed by atoms with Crippen LogP contribution in [0.15, 0.2) is 0 Å². The molecule has 0 amide bonds. The smallest absolute Gasteiger partial charge is 0.166 e. The zero-order chi connectivity index (χ0) is 9.23. The normalized spacial score (nSPS) is 9.50. The second-order valence-electron chi connectivity index (χ2n) is 2.47. The van der Waals surface area contributed by atoms with Crippen LogP contribution >= 0.6 is 12.2 Å². The zero-order valence-corrected chi connectivity index (χ0v) is 8.67. The van der Waals surface area contributed by atoms with E-state index in [9.17, 15) is 0 Å². The fraction of sp³-hybridized carbons (Fsp3) is 0.875. The summed E-state index contributed by atoms with van der Waals surface area (Å²) < 4.78 is 5.29. The molecule has 0 aromatic heterocycles. The van der Waals surface area contributed by atoms with Crippen LogP contribution in [0, 0.1) is 0 Å². The van der Waals surface area contributed by atoms with Crippen LogP contribution in [0.4, 0.5) is 0 Å². The topological polar surface area (TPSA) is 33.3 Å². The van der Waals surface area contributed by atoms with Gasteiger partial charge in [-0.25, -0.2) is 0 Å². The Kier molecular flexibility index (Phi) is 8.49. The predicted molar refractivity (Wildman–Crippen MR) is 55.4 cm³/mol. The Labute approximate surface area is 79.9 Å². The Morgan fingerprint density at radius 1 is 1.42 bits per heavy atom. The van der Waals surface area contributed by atoms with Gasteiger partial charge in [-0.3, -0.25) is 0 Å². The number of rotatable bonds is 6. The van der Waals surface area contributed by atoms with E-state index in [0.29, 0.717) is 5.11 Å². The summed E-state index contributed by atoms with van der Waals surface area (Å²) >= 11 is 4.89. The predicted octanol–water partition coefficient (Wildman–Crippen LogP) is 0.897. The van der Waals surface area contributed by atoms with Gasteiger partial charge in [0.15, 0.2) is 5.11 Å². The summed E-state index contributed by atoms with van der Waals surface area (Å²) in [6.07, 6.45) is 2.09. The molecular weight excluding hydrogens is 172 g/mol. The zero-order valence-electron chi connectivity index (χ0n) is 7.85. The minimum atomic E-state index is 0.700. The molecule has 2 N–H and O–H groups in total. The van der Waals surface area contributed by atoms with Crippen LogP contribution in [-0.4, -0.2) is 31.9 Å². The molecule has 0 heterocycles. The van der Waals surface area contributed by atoms with Gasteiger partial charge in [-0.1, -0.05) is 6.92 Å². The highest BCUT2D eigenvalue weighted by Crippen LogP contribution is 1.83. The van der Waals surface area contributed by atoms with Gasteiger partial charge in [0, 0.05) is 26.8 Å². The Hall–Kier alpha value is -0.350. The van der Waals surface area contributed by atoms with Crippen molar-refractivity contribution in [3.8, 4) is 0 Å². The van der Waals surface area contributed by atoms with E-state index >= 15 is 0 Å². The van der Waals surface area contributed by atoms with E-state index in [1.54, 1.807) is 0 Å². The van der Waals surface area contributed by atoms with Crippen LogP contribution in [-0.2, 0) is 4.74 Å². The van der Waals surface area contributed by atoms with Crippen LogP contribution in [0.5, 0.6) is 0 Å². The Morgan fingerprint density at radius 2 is 2.17 bits per heavy atom. The number of ether oxygens (including phenoxy) is 1. The maximum absolute atomic E-state index is 5.29. The van der Waals surface area contributed by atoms with Gasteiger partial charge in [-0.15, -0.1) is 0 Å². The molecule has 0 aliphatic rings. The molecule has 0 saturated carbocycles. The summed E-state index contributed by atoms with van der Waals surface area (Å²) in [6.45, 7) is 4.65. The van der Waals surface area contributed by atoms with Crippen molar-refractivity contribution in [1.29, 1.82) is 0 Å². The summed E-state index contributed by atoms with van der Waals surface area (Å²) in [7, 11) is 1.81. The molecule has 0 aliphatic carbocycles. The lowest BCUT2D eigenvalue weighted by molar-refractivity contribution is 0.133. The van der Waals surface area contributed by atoms with Gasteiger partial charge >= 0.3 is 0 Å². The molecule has 72 valence electrons. The monoisotopic (exact) mass is 190 g/mol. The molecule has 0 unspecified atom stereocenters. The Bertz CT molecular complexity index is 120. The highest BCUT2D eigenvalue weighted by Gasteiger charge is 1.90. The largest absolute Gasteiger partial charge is 0.381 e. The van der Waals surface area contributed by atoms with Crippen LogP contribution in [0.25, 0.3) is 0 Å². The lowest BCUT2D eigenvalue weighted by atomic mass is 10.4. The van der Waals surface area contributed by atoms with Crippen LogP contribution in [0.2, 0.25) is 0 Å². The summed E-state index contributed by atoms with van der Waals surface area (Å²) in [6, 6.07) is 0. The first-order valence-electron chi connectivity index (χ1n) is 4.34. The minimum Gasteiger partial charge on any atom is -0.381 e. The first kappa shape index (κ1) is 11.6. The quantitative estimate of drug-likeness (QED) is 0.481. The number of thiocarbonyl (C=S) groups is 1. The van der Waals surface area contributed by atoms with E-state index in [1.165, 1.54) is 0 Å². The molecule has 0 rings (SSSR count). The average molecular weight is 190 g/mol. The molecule has 3 nitrogen and oxygen atoms in total. The molecule has 0 radical (unpaired) electrons. The Balaban J connectivity index is 2.95. The number of nitrogens with one attached hydrogen (secondary N) is 2. The van der Waals surface area contributed by atoms with Crippen molar-refractivity contribution in [1.82, 2.24) is 10.6 Å². The van der Waals surface area contributed by atoms with Crippen LogP contribution in [0.3, 0.4) is 0 Å². The van der Waals surface area contributed by atoms with Crippen molar-refractivity contribution in [3.63, 3.8) is 0 Å². The lowest BCUT2D eigenvalue weighted by Crippen LogP contribution is -2.33. The van der Waals surface area contributed by atoms with E-state index in [0.717, 1.165) is 32.6 Å². The molecule has 0 aromatic carbocycles. The summed E-state index contributed by atoms with van der Waals surface area (Å²) in [5.41, 5.74) is 0. The maximum Gasteiger partial charge on any atom is 0.166 e. The van der Waals surface area contributed by atoms with Gasteiger partial charge < -0.3 is 15.4 Å². The maximum atomic E-state index is 5.29. The van der Waals surface area contributed by atoms with Gasteiger partial charge in [0.1, 0.15) is 0 Å². The van der Waals surface area contributed by atoms with Gasteiger partial charge in [-0.2, -0.15) is 0 Å². The third kappa shape index (κ3) is 7.75. The van der Waals surface area contributed by atoms with Crippen molar-refractivity contribution in [3.05, 3.63) is 0 Å². The molecule has 0 spiro atoms. The third-order valence-corrected chi connectivity index (χ3v) is 1.67. The molecule has 12 heavy (non-hydrogen) atoms. The summed E-state index contributed by atoms with van der Waals surface area (Å²) in [5.74, 6) is 0. The fourth-order valence-corrected chi connectivity index (χ4v) is 0.813. The number of hydrogen-bond donors (Lipinski definition) is 2. The SMILES string of the molecule is CCCOCCCNC(=S)NC. The fourth-order valence-electron chi connectivity index (χ4n) is 0.711. The van der Waals surface area contributed by atoms with Gasteiger partial charge in [0.2, 0.25) is 0 Å². The molecule has 0 bridgehead atoms. The molecule has 0 aromatic rings. The number of hydrogen-bond acceptors (Lipinski definition) is 2. The highest BCUT2D eigenvalue weighted by atomic mass is 32.1. The second-order valence-corrected chi connectivity index (χ2v) is 2.88. The van der Waals surface area contributed by atoms with E-state index < -0.39 is 0 Å². The molecular formula is C8H18N2OS. The lowest BCUT2D eigenvalue weighted by Gasteiger charge is -2.06. The minimum absolute atomic E-state index is 0.700. The molecule has 4 heteroatoms. The van der Waals surface area contributed by atoms with Crippen molar-refractivity contribution in [2.24, 2.45) is 0 Å². The first-order chi connectivity index (χ1) is 5.81. The van der Waals surface area contributed by atoms with Crippen LogP contribution < -0.4 is 10.6 Å².